The van der Waals surface area contributed by atoms with Crippen molar-refractivity contribution >= 4 is 27.6 Å². The Labute approximate surface area is 86.6 Å². The average molecular weight is 248 g/mol. The van der Waals surface area contributed by atoms with E-state index >= 15 is 0 Å². The van der Waals surface area contributed by atoms with Crippen molar-refractivity contribution in [3.05, 3.63) is 0 Å². The van der Waals surface area contributed by atoms with Crippen molar-refractivity contribution in [1.82, 2.24) is 4.90 Å². The highest BCUT2D eigenvalue weighted by Gasteiger charge is 2.30. The van der Waals surface area contributed by atoms with Crippen molar-refractivity contribution in [3.63, 3.8) is 0 Å². The van der Waals surface area contributed by atoms with Crippen LogP contribution >= 0.6 is 15.9 Å². The number of carbonyl (C=O) groups is 2. The minimum Gasteiger partial charge on any atom is -0.341 e. The summed E-state index contributed by atoms with van der Waals surface area (Å²) in [7, 11) is 0. The molecule has 0 atom stereocenters. The molecule has 0 aromatic carbocycles. The summed E-state index contributed by atoms with van der Waals surface area (Å²) in [4.78, 5) is 24.4. The normalized spacial score (nSPS) is 19.0. The minimum absolute atomic E-state index is 0.0694. The first-order valence-electron chi connectivity index (χ1n) is 4.41. The molecule has 74 valence electrons. The van der Waals surface area contributed by atoms with E-state index in [0.29, 0.717) is 25.9 Å². The average Bonchev–Trinajstić information content (AvgIpc) is 2.03. The van der Waals surface area contributed by atoms with Gasteiger partial charge in [0.1, 0.15) is 5.78 Å². The molecular formula is C9H14BrNO2. The maximum atomic E-state index is 11.7. The number of carbonyl (C=O) groups excluding carboxylic acids is 2. The fourth-order valence-electron chi connectivity index (χ4n) is 1.34. The van der Waals surface area contributed by atoms with Crippen LogP contribution in [0.3, 0.4) is 0 Å². The fourth-order valence-corrected chi connectivity index (χ4v) is 1.59. The predicted octanol–water partition coefficient (Wildman–Crippen LogP) is 1.35. The number of piperidine rings is 1. The third-order valence-electron chi connectivity index (χ3n) is 2.12. The summed E-state index contributed by atoms with van der Waals surface area (Å²) in [6.45, 7) is 4.80. The molecule has 1 aliphatic rings. The van der Waals surface area contributed by atoms with Gasteiger partial charge in [-0.3, -0.25) is 9.59 Å². The van der Waals surface area contributed by atoms with Crippen molar-refractivity contribution in [2.24, 2.45) is 0 Å². The number of rotatable bonds is 1. The lowest BCUT2D eigenvalue weighted by Gasteiger charge is -2.30. The smallest absolute Gasteiger partial charge is 0.238 e. The predicted molar refractivity (Wildman–Crippen MR) is 53.8 cm³/mol. The molecule has 0 N–H and O–H groups in total. The van der Waals surface area contributed by atoms with Gasteiger partial charge < -0.3 is 4.90 Å². The summed E-state index contributed by atoms with van der Waals surface area (Å²) in [6, 6.07) is 0. The van der Waals surface area contributed by atoms with Crippen LogP contribution in [0.1, 0.15) is 26.7 Å². The molecule has 1 rings (SSSR count). The van der Waals surface area contributed by atoms with Crippen molar-refractivity contribution in [2.45, 2.75) is 31.0 Å². The van der Waals surface area contributed by atoms with Gasteiger partial charge in [0, 0.05) is 25.9 Å². The monoisotopic (exact) mass is 247 g/mol. The molecular weight excluding hydrogens is 234 g/mol. The van der Waals surface area contributed by atoms with Gasteiger partial charge in [-0.25, -0.2) is 0 Å². The minimum atomic E-state index is -0.507. The number of halogens is 1. The van der Waals surface area contributed by atoms with E-state index < -0.39 is 4.32 Å². The Balaban J connectivity index is 2.55. The summed E-state index contributed by atoms with van der Waals surface area (Å²) >= 11 is 3.32. The van der Waals surface area contributed by atoms with Gasteiger partial charge in [-0.05, 0) is 13.8 Å². The Morgan fingerprint density at radius 3 is 2.23 bits per heavy atom. The Kier molecular flexibility index (Phi) is 3.11. The van der Waals surface area contributed by atoms with Gasteiger partial charge in [0.15, 0.2) is 0 Å². The number of hydrogen-bond donors (Lipinski definition) is 0. The summed E-state index contributed by atoms with van der Waals surface area (Å²) in [5.74, 6) is 0.330. The van der Waals surface area contributed by atoms with Gasteiger partial charge in [-0.1, -0.05) is 15.9 Å². The number of alkyl halides is 1. The van der Waals surface area contributed by atoms with Crippen LogP contribution in [0.2, 0.25) is 0 Å². The van der Waals surface area contributed by atoms with E-state index in [1.165, 1.54) is 0 Å². The molecule has 0 aromatic rings. The Morgan fingerprint density at radius 2 is 1.85 bits per heavy atom. The number of hydrogen-bond acceptors (Lipinski definition) is 2. The molecule has 4 heteroatoms. The van der Waals surface area contributed by atoms with E-state index in [0.717, 1.165) is 0 Å². The van der Waals surface area contributed by atoms with E-state index in [9.17, 15) is 9.59 Å². The van der Waals surface area contributed by atoms with Gasteiger partial charge in [-0.15, -0.1) is 0 Å². The SMILES string of the molecule is CC(C)(Br)C(=O)N1CCC(=O)CC1. The molecule has 0 saturated carbocycles. The summed E-state index contributed by atoms with van der Waals surface area (Å²) in [6.07, 6.45) is 1.02. The number of Topliss-reactive ketones (excluding diaryl/α,β-unsaturated/α-hetero) is 1. The Morgan fingerprint density at radius 1 is 1.38 bits per heavy atom. The van der Waals surface area contributed by atoms with Gasteiger partial charge in [0.05, 0.1) is 4.32 Å². The van der Waals surface area contributed by atoms with E-state index in [1.54, 1.807) is 4.90 Å². The fraction of sp³-hybridized carbons (Fsp3) is 0.778. The van der Waals surface area contributed by atoms with Crippen LogP contribution in [0.4, 0.5) is 0 Å². The largest absolute Gasteiger partial charge is 0.341 e. The molecule has 0 radical (unpaired) electrons. The lowest BCUT2D eigenvalue weighted by Crippen LogP contribution is -2.45. The van der Waals surface area contributed by atoms with E-state index in [-0.39, 0.29) is 11.7 Å². The lowest BCUT2D eigenvalue weighted by atomic mass is 10.1. The summed E-state index contributed by atoms with van der Waals surface area (Å²) in [5, 5.41) is 0. The van der Waals surface area contributed by atoms with Crippen LogP contribution in [0.15, 0.2) is 0 Å². The van der Waals surface area contributed by atoms with Gasteiger partial charge >= 0.3 is 0 Å². The van der Waals surface area contributed by atoms with E-state index in [4.69, 9.17) is 0 Å². The first kappa shape index (κ1) is 10.7. The van der Waals surface area contributed by atoms with Crippen molar-refractivity contribution in [3.8, 4) is 0 Å². The first-order valence-corrected chi connectivity index (χ1v) is 5.20. The van der Waals surface area contributed by atoms with Crippen LogP contribution in [0.5, 0.6) is 0 Å². The van der Waals surface area contributed by atoms with Crippen LogP contribution in [0, 0.1) is 0 Å². The molecule has 3 nitrogen and oxygen atoms in total. The summed E-state index contributed by atoms with van der Waals surface area (Å²) < 4.78 is -0.507. The molecule has 0 unspecified atom stereocenters. The Bertz CT molecular complexity index is 222. The van der Waals surface area contributed by atoms with Crippen LogP contribution in [-0.2, 0) is 9.59 Å². The lowest BCUT2D eigenvalue weighted by molar-refractivity contribution is -0.135. The molecule has 0 bridgehead atoms. The maximum Gasteiger partial charge on any atom is 0.238 e. The standard InChI is InChI=1S/C9H14BrNO2/c1-9(2,10)8(13)11-5-3-7(12)4-6-11/h3-6H2,1-2H3. The van der Waals surface area contributed by atoms with Gasteiger partial charge in [0.25, 0.3) is 0 Å². The molecule has 0 aromatic heterocycles. The van der Waals surface area contributed by atoms with Crippen LogP contribution < -0.4 is 0 Å². The second kappa shape index (κ2) is 3.78. The molecule has 0 spiro atoms. The molecule has 13 heavy (non-hydrogen) atoms. The maximum absolute atomic E-state index is 11.7. The number of ketones is 1. The van der Waals surface area contributed by atoms with Crippen LogP contribution in [-0.4, -0.2) is 34.0 Å². The third-order valence-corrected chi connectivity index (χ3v) is 2.46. The first-order chi connectivity index (χ1) is 5.91. The van der Waals surface area contributed by atoms with Crippen LogP contribution in [0.25, 0.3) is 0 Å². The summed E-state index contributed by atoms with van der Waals surface area (Å²) in [5.41, 5.74) is 0. The highest BCUT2D eigenvalue weighted by atomic mass is 79.9. The highest BCUT2D eigenvalue weighted by molar-refractivity contribution is 9.10. The molecule has 1 heterocycles. The number of likely N-dealkylation sites (tertiary alicyclic amines) is 1. The zero-order valence-electron chi connectivity index (χ0n) is 7.97. The Hall–Kier alpha value is -0.380. The topological polar surface area (TPSA) is 37.4 Å². The zero-order valence-corrected chi connectivity index (χ0v) is 9.56. The number of amides is 1. The highest BCUT2D eigenvalue weighted by Crippen LogP contribution is 2.21. The molecule has 1 fully saturated rings. The molecule has 1 amide bonds. The number of nitrogens with zero attached hydrogens (tertiary/aromatic N) is 1. The van der Waals surface area contributed by atoms with E-state index in [2.05, 4.69) is 15.9 Å². The molecule has 1 aliphatic heterocycles. The molecule has 1 saturated heterocycles. The van der Waals surface area contributed by atoms with Crippen molar-refractivity contribution in [1.29, 1.82) is 0 Å². The van der Waals surface area contributed by atoms with E-state index in [1.807, 2.05) is 13.8 Å². The second-order valence-corrected chi connectivity index (χ2v) is 5.79. The third kappa shape index (κ3) is 2.79. The molecule has 0 aliphatic carbocycles. The van der Waals surface area contributed by atoms with Gasteiger partial charge in [-0.2, -0.15) is 0 Å². The second-order valence-electron chi connectivity index (χ2n) is 3.80. The van der Waals surface area contributed by atoms with Gasteiger partial charge in [0.2, 0.25) is 5.91 Å². The van der Waals surface area contributed by atoms with Crippen molar-refractivity contribution < 1.29 is 9.59 Å². The zero-order chi connectivity index (χ0) is 10.1. The quantitative estimate of drug-likeness (QED) is 0.657. The van der Waals surface area contributed by atoms with Crippen molar-refractivity contribution in [2.75, 3.05) is 13.1 Å².